The van der Waals surface area contributed by atoms with Gasteiger partial charge in [0.1, 0.15) is 0 Å². The zero-order valence-electron chi connectivity index (χ0n) is 7.79. The lowest BCUT2D eigenvalue weighted by atomic mass is 9.91. The summed E-state index contributed by atoms with van der Waals surface area (Å²) in [4.78, 5) is 0. The summed E-state index contributed by atoms with van der Waals surface area (Å²) < 4.78 is 0. The number of hydrogen-bond acceptors (Lipinski definition) is 1. The molecule has 0 amide bonds. The van der Waals surface area contributed by atoms with E-state index in [1.807, 2.05) is 0 Å². The van der Waals surface area contributed by atoms with Gasteiger partial charge in [-0.3, -0.25) is 0 Å². The van der Waals surface area contributed by atoms with Gasteiger partial charge in [-0.2, -0.15) is 0 Å². The van der Waals surface area contributed by atoms with Crippen molar-refractivity contribution in [2.45, 2.75) is 25.7 Å². The summed E-state index contributed by atoms with van der Waals surface area (Å²) in [6.07, 6.45) is 15.4. The molecule has 0 saturated heterocycles. The van der Waals surface area contributed by atoms with Gasteiger partial charge in [-0.05, 0) is 42.9 Å². The first kappa shape index (κ1) is 8.36. The predicted octanol–water partition coefficient (Wildman–Crippen LogP) is 2.83. The Bertz CT molecular complexity index is 316. The van der Waals surface area contributed by atoms with Crippen molar-refractivity contribution in [3.05, 3.63) is 47.2 Å². The molecule has 0 spiro atoms. The first-order valence-corrected chi connectivity index (χ1v) is 4.88. The molecule has 2 aliphatic carbocycles. The Kier molecular flexibility index (Phi) is 2.35. The Balaban J connectivity index is 2.20. The third-order valence-electron chi connectivity index (χ3n) is 2.56. The molecule has 13 heavy (non-hydrogen) atoms. The molecule has 0 heterocycles. The topological polar surface area (TPSA) is 26.0 Å². The van der Waals surface area contributed by atoms with Gasteiger partial charge in [0.05, 0.1) is 0 Å². The summed E-state index contributed by atoms with van der Waals surface area (Å²) in [5, 5.41) is 0. The Morgan fingerprint density at radius 2 is 1.92 bits per heavy atom. The van der Waals surface area contributed by atoms with E-state index in [1.54, 1.807) is 0 Å². The van der Waals surface area contributed by atoms with Crippen LogP contribution in [0.4, 0.5) is 0 Å². The van der Waals surface area contributed by atoms with E-state index in [1.165, 1.54) is 24.0 Å². The van der Waals surface area contributed by atoms with Crippen LogP contribution in [0.15, 0.2) is 47.2 Å². The van der Waals surface area contributed by atoms with Crippen LogP contribution in [-0.2, 0) is 0 Å². The normalized spacial score (nSPS) is 22.0. The van der Waals surface area contributed by atoms with Crippen molar-refractivity contribution in [1.29, 1.82) is 0 Å². The first-order valence-electron chi connectivity index (χ1n) is 4.88. The van der Waals surface area contributed by atoms with Crippen molar-refractivity contribution in [3.8, 4) is 0 Å². The fourth-order valence-corrected chi connectivity index (χ4v) is 1.85. The van der Waals surface area contributed by atoms with Crippen LogP contribution in [-0.4, -0.2) is 0 Å². The molecule has 0 saturated carbocycles. The largest absolute Gasteiger partial charge is 0.399 e. The predicted molar refractivity (Wildman–Crippen MR) is 56.0 cm³/mol. The second-order valence-corrected chi connectivity index (χ2v) is 3.57. The lowest BCUT2D eigenvalue weighted by Crippen LogP contribution is -2.02. The molecule has 2 rings (SSSR count). The molecule has 0 unspecified atom stereocenters. The number of hydrogen-bond donors (Lipinski definition) is 1. The Hall–Kier alpha value is -1.24. The third kappa shape index (κ3) is 1.92. The van der Waals surface area contributed by atoms with Crippen LogP contribution in [0.1, 0.15) is 25.7 Å². The zero-order chi connectivity index (χ0) is 9.10. The number of rotatable bonds is 1. The van der Waals surface area contributed by atoms with Crippen molar-refractivity contribution < 1.29 is 0 Å². The van der Waals surface area contributed by atoms with Gasteiger partial charge in [-0.15, -0.1) is 0 Å². The van der Waals surface area contributed by atoms with Gasteiger partial charge in [0.15, 0.2) is 0 Å². The first-order chi connectivity index (χ1) is 6.36. The molecule has 1 heteroatoms. The van der Waals surface area contributed by atoms with Crippen molar-refractivity contribution in [2.24, 2.45) is 5.73 Å². The maximum Gasteiger partial charge on any atom is 0.0276 e. The van der Waals surface area contributed by atoms with E-state index in [9.17, 15) is 0 Å². The second-order valence-electron chi connectivity index (χ2n) is 3.57. The lowest BCUT2D eigenvalue weighted by molar-refractivity contribution is 0.888. The van der Waals surface area contributed by atoms with E-state index in [-0.39, 0.29) is 0 Å². The van der Waals surface area contributed by atoms with Crippen molar-refractivity contribution in [1.82, 2.24) is 0 Å². The minimum Gasteiger partial charge on any atom is -0.399 e. The van der Waals surface area contributed by atoms with Gasteiger partial charge in [0.25, 0.3) is 0 Å². The van der Waals surface area contributed by atoms with Gasteiger partial charge in [-0.1, -0.05) is 24.3 Å². The molecule has 0 fully saturated rings. The molecule has 1 nitrogen and oxygen atoms in total. The van der Waals surface area contributed by atoms with E-state index in [2.05, 4.69) is 30.4 Å². The third-order valence-corrected chi connectivity index (χ3v) is 2.56. The van der Waals surface area contributed by atoms with Gasteiger partial charge in [-0.25, -0.2) is 0 Å². The molecular formula is C12H15N. The Morgan fingerprint density at radius 3 is 2.62 bits per heavy atom. The molecular weight excluding hydrogens is 158 g/mol. The highest BCUT2D eigenvalue weighted by Crippen LogP contribution is 2.27. The highest BCUT2D eigenvalue weighted by Gasteiger charge is 2.08. The van der Waals surface area contributed by atoms with Gasteiger partial charge in [0.2, 0.25) is 0 Å². The summed E-state index contributed by atoms with van der Waals surface area (Å²) in [5.41, 5.74) is 9.60. The Morgan fingerprint density at radius 1 is 1.08 bits per heavy atom. The molecule has 0 aromatic heterocycles. The van der Waals surface area contributed by atoms with Crippen molar-refractivity contribution in [2.75, 3.05) is 0 Å². The minimum absolute atomic E-state index is 0.928. The van der Waals surface area contributed by atoms with E-state index in [0.29, 0.717) is 0 Å². The fourth-order valence-electron chi connectivity index (χ4n) is 1.85. The fraction of sp³-hybridized carbons (Fsp3) is 0.333. The minimum atomic E-state index is 0.928. The van der Waals surface area contributed by atoms with E-state index >= 15 is 0 Å². The number of nitrogens with two attached hydrogens (primary N) is 1. The quantitative estimate of drug-likeness (QED) is 0.648. The average Bonchev–Trinajstić information content (AvgIpc) is 2.19. The molecule has 0 atom stereocenters. The van der Waals surface area contributed by atoms with Gasteiger partial charge in [0, 0.05) is 5.70 Å². The monoisotopic (exact) mass is 173 g/mol. The summed E-state index contributed by atoms with van der Waals surface area (Å²) in [7, 11) is 0. The van der Waals surface area contributed by atoms with Crippen LogP contribution in [0.2, 0.25) is 0 Å². The van der Waals surface area contributed by atoms with E-state index in [4.69, 9.17) is 5.73 Å². The summed E-state index contributed by atoms with van der Waals surface area (Å²) in [5.74, 6) is 0. The molecule has 0 radical (unpaired) electrons. The van der Waals surface area contributed by atoms with Crippen LogP contribution in [0, 0.1) is 0 Å². The summed E-state index contributed by atoms with van der Waals surface area (Å²) >= 11 is 0. The van der Waals surface area contributed by atoms with E-state index < -0.39 is 0 Å². The molecule has 0 aromatic rings. The second kappa shape index (κ2) is 3.65. The van der Waals surface area contributed by atoms with Crippen LogP contribution >= 0.6 is 0 Å². The number of allylic oxidation sites excluding steroid dienone is 7. The van der Waals surface area contributed by atoms with Crippen LogP contribution in [0.3, 0.4) is 0 Å². The highest BCUT2D eigenvalue weighted by molar-refractivity contribution is 5.41. The maximum atomic E-state index is 5.77. The average molecular weight is 173 g/mol. The molecule has 0 aromatic carbocycles. The van der Waals surface area contributed by atoms with Crippen molar-refractivity contribution >= 4 is 0 Å². The SMILES string of the molecule is NC1=CCCC(C2=CC=CCC2)=C1. The molecule has 2 N–H and O–H groups in total. The lowest BCUT2D eigenvalue weighted by Gasteiger charge is -2.16. The smallest absolute Gasteiger partial charge is 0.0276 e. The van der Waals surface area contributed by atoms with Gasteiger partial charge < -0.3 is 5.73 Å². The Labute approximate surface area is 79.3 Å². The van der Waals surface area contributed by atoms with Crippen LogP contribution in [0.25, 0.3) is 0 Å². The van der Waals surface area contributed by atoms with Crippen LogP contribution in [0.5, 0.6) is 0 Å². The summed E-state index contributed by atoms with van der Waals surface area (Å²) in [6, 6.07) is 0. The van der Waals surface area contributed by atoms with Gasteiger partial charge >= 0.3 is 0 Å². The maximum absolute atomic E-state index is 5.77. The standard InChI is InChI=1S/C12H15N/c13-12-8-4-7-11(9-12)10-5-2-1-3-6-10/h1-2,5,8-9H,3-4,6-7,13H2. The van der Waals surface area contributed by atoms with Crippen molar-refractivity contribution in [3.63, 3.8) is 0 Å². The molecule has 2 aliphatic rings. The molecule has 0 aliphatic heterocycles. The summed E-state index contributed by atoms with van der Waals surface area (Å²) in [6.45, 7) is 0. The molecule has 0 bridgehead atoms. The van der Waals surface area contributed by atoms with E-state index in [0.717, 1.165) is 18.5 Å². The van der Waals surface area contributed by atoms with Crippen LogP contribution < -0.4 is 5.73 Å². The highest BCUT2D eigenvalue weighted by atomic mass is 14.6. The molecule has 68 valence electrons. The zero-order valence-corrected chi connectivity index (χ0v) is 7.79.